The molecule has 2 aromatic rings. The van der Waals surface area contributed by atoms with Gasteiger partial charge in [0.25, 0.3) is 0 Å². The Labute approximate surface area is 233 Å². The quantitative estimate of drug-likeness (QED) is 0.236. The van der Waals surface area contributed by atoms with Crippen LogP contribution in [-0.4, -0.2) is 95.6 Å². The van der Waals surface area contributed by atoms with Gasteiger partial charge in [0.05, 0.1) is 36.3 Å². The Morgan fingerprint density at radius 3 is 1.68 bits per heavy atom. The highest BCUT2D eigenvalue weighted by atomic mass is 35.5. The first kappa shape index (κ1) is 31.7. The molecular formula is C20H27Cl3N8O7. The average molecular weight is 598 g/mol. The van der Waals surface area contributed by atoms with Gasteiger partial charge in [-0.1, -0.05) is 11.6 Å². The summed E-state index contributed by atoms with van der Waals surface area (Å²) in [4.78, 5) is 35.8. The van der Waals surface area contributed by atoms with Crippen molar-refractivity contribution in [1.82, 2.24) is 25.3 Å². The van der Waals surface area contributed by atoms with Crippen molar-refractivity contribution in [3.63, 3.8) is 0 Å². The Balaban J connectivity index is 0.000000197. The van der Waals surface area contributed by atoms with Crippen LogP contribution in [0.4, 0.5) is 17.2 Å². The van der Waals surface area contributed by atoms with Gasteiger partial charge in [0.1, 0.15) is 12.4 Å². The smallest absolute Gasteiger partial charge is 0.329 e. The third-order valence-corrected chi connectivity index (χ3v) is 5.44. The minimum absolute atomic E-state index is 0.00657. The van der Waals surface area contributed by atoms with Gasteiger partial charge in [-0.3, -0.25) is 20.2 Å². The van der Waals surface area contributed by atoms with E-state index in [1.165, 1.54) is 12.8 Å². The zero-order chi connectivity index (χ0) is 27.8. The average Bonchev–Trinajstić information content (AvgIpc) is 3.51. The lowest BCUT2D eigenvalue weighted by Gasteiger charge is -2.27. The van der Waals surface area contributed by atoms with E-state index in [0.717, 1.165) is 51.9 Å². The number of nitrogens with zero attached hydrogens (tertiary/aromatic N) is 7. The molecule has 0 aliphatic carbocycles. The van der Waals surface area contributed by atoms with Crippen LogP contribution < -0.4 is 10.2 Å². The van der Waals surface area contributed by atoms with Gasteiger partial charge in [0, 0.05) is 39.4 Å². The zero-order valence-electron chi connectivity index (χ0n) is 20.3. The van der Waals surface area contributed by atoms with E-state index in [4.69, 9.17) is 49.0 Å². The van der Waals surface area contributed by atoms with Crippen molar-refractivity contribution in [2.24, 2.45) is 0 Å². The maximum Gasteiger partial charge on any atom is 0.329 e. The molecule has 0 spiro atoms. The number of nitro groups is 2. The van der Waals surface area contributed by atoms with Crippen LogP contribution in [0.25, 0.3) is 0 Å². The van der Waals surface area contributed by atoms with Crippen LogP contribution in [-0.2, 0) is 14.2 Å². The highest BCUT2D eigenvalue weighted by Crippen LogP contribution is 2.26. The molecular weight excluding hydrogens is 571 g/mol. The minimum Gasteiger partial charge on any atom is -0.381 e. The molecule has 1 N–H and O–H groups in total. The van der Waals surface area contributed by atoms with Crippen LogP contribution >= 0.6 is 34.8 Å². The second-order valence-electron chi connectivity index (χ2n) is 7.46. The third kappa shape index (κ3) is 11.9. The summed E-state index contributed by atoms with van der Waals surface area (Å²) >= 11 is 16.3. The minimum atomic E-state index is -0.682. The number of hydrogen-bond acceptors (Lipinski definition) is 13. The third-order valence-electron chi connectivity index (χ3n) is 4.79. The topological polar surface area (TPSA) is 181 Å². The molecule has 5 heterocycles. The summed E-state index contributed by atoms with van der Waals surface area (Å²) < 4.78 is 15.1. The van der Waals surface area contributed by atoms with Crippen LogP contribution in [0.15, 0.2) is 12.4 Å². The van der Waals surface area contributed by atoms with Crippen molar-refractivity contribution in [2.45, 2.75) is 12.8 Å². The highest BCUT2D eigenvalue weighted by Gasteiger charge is 2.24. The fourth-order valence-electron chi connectivity index (χ4n) is 2.97. The van der Waals surface area contributed by atoms with Crippen molar-refractivity contribution < 1.29 is 24.1 Å². The van der Waals surface area contributed by atoms with Gasteiger partial charge >= 0.3 is 11.4 Å². The van der Waals surface area contributed by atoms with E-state index >= 15 is 0 Å². The normalized spacial score (nSPS) is 16.6. The summed E-state index contributed by atoms with van der Waals surface area (Å²) in [7, 11) is 0. The van der Waals surface area contributed by atoms with Gasteiger partial charge in [-0.05, 0) is 36.0 Å². The van der Waals surface area contributed by atoms with E-state index in [-0.39, 0.29) is 32.9 Å². The van der Waals surface area contributed by atoms with Crippen LogP contribution in [0.1, 0.15) is 12.8 Å². The molecule has 0 amide bonds. The molecule has 0 radical (unpaired) electrons. The summed E-state index contributed by atoms with van der Waals surface area (Å²) in [6.07, 6.45) is 4.64. The second-order valence-corrected chi connectivity index (χ2v) is 8.49. The number of anilines is 1. The summed E-state index contributed by atoms with van der Waals surface area (Å²) in [5.41, 5.74) is -0.484. The van der Waals surface area contributed by atoms with E-state index < -0.39 is 9.85 Å². The monoisotopic (exact) mass is 596 g/mol. The van der Waals surface area contributed by atoms with Crippen molar-refractivity contribution in [2.75, 3.05) is 70.7 Å². The molecule has 18 heteroatoms. The summed E-state index contributed by atoms with van der Waals surface area (Å²) in [5.74, 6) is 0.258. The predicted octanol–water partition coefficient (Wildman–Crippen LogP) is 2.97. The fourth-order valence-corrected chi connectivity index (χ4v) is 3.47. The molecule has 0 unspecified atom stereocenters. The molecule has 5 rings (SSSR count). The van der Waals surface area contributed by atoms with E-state index in [1.807, 2.05) is 0 Å². The number of morpholine rings is 2. The molecule has 15 nitrogen and oxygen atoms in total. The maximum atomic E-state index is 10.8. The van der Waals surface area contributed by atoms with Gasteiger partial charge in [0.15, 0.2) is 0 Å². The number of hydrogen-bond donors (Lipinski definition) is 1. The first-order valence-corrected chi connectivity index (χ1v) is 12.6. The largest absolute Gasteiger partial charge is 0.381 e. The summed E-state index contributed by atoms with van der Waals surface area (Å²) in [5, 5.41) is 23.7. The Kier molecular flexibility index (Phi) is 14.9. The van der Waals surface area contributed by atoms with Gasteiger partial charge < -0.3 is 24.4 Å². The predicted molar refractivity (Wildman–Crippen MR) is 139 cm³/mol. The lowest BCUT2D eigenvalue weighted by molar-refractivity contribution is -0.385. The number of halogens is 3. The van der Waals surface area contributed by atoms with Crippen molar-refractivity contribution >= 4 is 52.0 Å². The molecule has 3 aliphatic rings. The molecule has 3 aliphatic heterocycles. The van der Waals surface area contributed by atoms with Gasteiger partial charge in [0.2, 0.25) is 21.5 Å². The number of rotatable bonds is 3. The zero-order valence-corrected chi connectivity index (χ0v) is 22.5. The van der Waals surface area contributed by atoms with Crippen molar-refractivity contribution in [3.8, 4) is 0 Å². The van der Waals surface area contributed by atoms with Crippen molar-refractivity contribution in [3.05, 3.63) is 48.3 Å². The van der Waals surface area contributed by atoms with Crippen molar-refractivity contribution in [1.29, 1.82) is 0 Å². The molecule has 3 fully saturated rings. The molecule has 0 bridgehead atoms. The molecule has 0 aromatic carbocycles. The lowest BCUT2D eigenvalue weighted by Crippen LogP contribution is -2.37. The summed E-state index contributed by atoms with van der Waals surface area (Å²) in [6.45, 7) is 8.01. The Morgan fingerprint density at radius 2 is 1.26 bits per heavy atom. The van der Waals surface area contributed by atoms with E-state index in [1.54, 1.807) is 4.90 Å². The van der Waals surface area contributed by atoms with Gasteiger partial charge in [-0.2, -0.15) is 9.97 Å². The fraction of sp³-hybridized carbons (Fsp3) is 0.600. The molecule has 3 saturated heterocycles. The Morgan fingerprint density at radius 1 is 0.763 bits per heavy atom. The van der Waals surface area contributed by atoms with Crippen LogP contribution in [0.5, 0.6) is 0 Å². The summed E-state index contributed by atoms with van der Waals surface area (Å²) in [6, 6.07) is 0. The maximum absolute atomic E-state index is 10.8. The highest BCUT2D eigenvalue weighted by molar-refractivity contribution is 6.33. The molecule has 38 heavy (non-hydrogen) atoms. The molecule has 0 saturated carbocycles. The second kappa shape index (κ2) is 17.9. The first-order valence-electron chi connectivity index (χ1n) is 11.5. The van der Waals surface area contributed by atoms with Crippen LogP contribution in [0.2, 0.25) is 15.7 Å². The Hall–Kier alpha value is -2.53. The number of ether oxygens (including phenoxy) is 3. The first-order chi connectivity index (χ1) is 18.3. The molecule has 210 valence electrons. The SMILES string of the molecule is C1CCOC1.C1COCCN1.O=[N+]([O-])c1cnc(Cl)nc1Cl.O=[N+]([O-])c1cnc(Cl)nc1N1CCOCC1. The standard InChI is InChI=1S/C8H9ClN4O3.C4HCl2N3O2.C4H9NO.C4H8O/c9-8-10-5-6(13(14)15)7(11-8)12-1-3-16-4-2-12;5-3-2(9(10)11)1-7-4(6)8-3;1-3-6-4-2-5-1;1-2-4-5-3-1/h5H,1-4H2;1H;5H,1-4H2;1-4H2. The van der Waals surface area contributed by atoms with Crippen LogP contribution in [0.3, 0.4) is 0 Å². The lowest BCUT2D eigenvalue weighted by atomic mass is 10.3. The molecule has 0 atom stereocenters. The number of nitrogens with one attached hydrogen (secondary N) is 1. The van der Waals surface area contributed by atoms with E-state index in [0.29, 0.717) is 26.3 Å². The molecule has 2 aromatic heterocycles. The van der Waals surface area contributed by atoms with Crippen LogP contribution in [0, 0.1) is 20.2 Å². The van der Waals surface area contributed by atoms with E-state index in [2.05, 4.69) is 25.3 Å². The van der Waals surface area contributed by atoms with Gasteiger partial charge in [-0.15, -0.1) is 0 Å². The van der Waals surface area contributed by atoms with Gasteiger partial charge in [-0.25, -0.2) is 9.97 Å². The Bertz CT molecular complexity index is 1010. The van der Waals surface area contributed by atoms with E-state index in [9.17, 15) is 20.2 Å². The number of aromatic nitrogens is 4.